The molecule has 1 aromatic heterocycles. The third-order valence-electron chi connectivity index (χ3n) is 5.27. The van der Waals surface area contributed by atoms with Gasteiger partial charge in [0.1, 0.15) is 12.4 Å². The van der Waals surface area contributed by atoms with Gasteiger partial charge in [-0.15, -0.1) is 34.2 Å². The molecular weight excluding hydrogens is 463 g/mol. The van der Waals surface area contributed by atoms with Crippen molar-refractivity contribution in [1.82, 2.24) is 25.0 Å². The maximum atomic E-state index is 4.85. The fraction of sp³-hybridized carbons (Fsp3) is 0.476. The van der Waals surface area contributed by atoms with Gasteiger partial charge in [0.25, 0.3) is 0 Å². The number of halogens is 1. The number of hydrogen-bond donors (Lipinski definition) is 1. The van der Waals surface area contributed by atoms with Crippen molar-refractivity contribution in [2.24, 2.45) is 4.99 Å². The number of aryl methyl sites for hydroxylation is 1. The summed E-state index contributed by atoms with van der Waals surface area (Å²) < 4.78 is 2.23. The number of hydrogen-bond acceptors (Lipinski definition) is 3. The molecule has 0 unspecified atom stereocenters. The number of nitrogens with zero attached hydrogens (tertiary/aromatic N) is 5. The van der Waals surface area contributed by atoms with E-state index in [1.165, 1.54) is 17.6 Å². The first-order chi connectivity index (χ1) is 13.3. The topological polar surface area (TPSA) is 58.3 Å². The minimum atomic E-state index is 0. The molecule has 0 bridgehead atoms. The highest BCUT2D eigenvalue weighted by molar-refractivity contribution is 14.0. The highest BCUT2D eigenvalue weighted by Gasteiger charge is 2.19. The van der Waals surface area contributed by atoms with Gasteiger partial charge in [-0.05, 0) is 31.7 Å². The molecule has 0 saturated carbocycles. The summed E-state index contributed by atoms with van der Waals surface area (Å²) in [7, 11) is 0. The molecule has 4 rings (SSSR count). The van der Waals surface area contributed by atoms with Crippen molar-refractivity contribution in [3.63, 3.8) is 0 Å². The van der Waals surface area contributed by atoms with Crippen molar-refractivity contribution in [2.45, 2.75) is 45.7 Å². The van der Waals surface area contributed by atoms with Gasteiger partial charge in [0.2, 0.25) is 0 Å². The first-order valence-corrected chi connectivity index (χ1v) is 10.0. The van der Waals surface area contributed by atoms with Gasteiger partial charge in [0, 0.05) is 32.6 Å². The number of piperidine rings is 1. The van der Waals surface area contributed by atoms with Gasteiger partial charge in [-0.1, -0.05) is 42.0 Å². The molecule has 1 aromatic carbocycles. The Hall–Kier alpha value is -1.90. The molecule has 1 fully saturated rings. The van der Waals surface area contributed by atoms with Gasteiger partial charge in [-0.3, -0.25) is 0 Å². The van der Waals surface area contributed by atoms with Crippen molar-refractivity contribution in [3.05, 3.63) is 53.1 Å². The lowest BCUT2D eigenvalue weighted by Gasteiger charge is -2.31. The second kappa shape index (κ2) is 10.0. The fourth-order valence-electron chi connectivity index (χ4n) is 3.83. The maximum Gasteiger partial charge on any atom is 0.194 e. The molecule has 28 heavy (non-hydrogen) atoms. The molecule has 0 radical (unpaired) electrons. The molecule has 0 spiro atoms. The van der Waals surface area contributed by atoms with E-state index in [-0.39, 0.29) is 24.0 Å². The maximum absolute atomic E-state index is 4.85. The van der Waals surface area contributed by atoms with Gasteiger partial charge in [-0.25, -0.2) is 4.99 Å². The van der Waals surface area contributed by atoms with E-state index in [0.29, 0.717) is 6.54 Å². The fourth-order valence-corrected chi connectivity index (χ4v) is 3.83. The highest BCUT2D eigenvalue weighted by Crippen LogP contribution is 2.20. The Labute approximate surface area is 184 Å². The van der Waals surface area contributed by atoms with Crippen LogP contribution in [0.15, 0.2) is 40.9 Å². The largest absolute Gasteiger partial charge is 0.357 e. The lowest BCUT2D eigenvalue weighted by atomic mass is 10.0. The molecule has 0 atom stereocenters. The van der Waals surface area contributed by atoms with Crippen LogP contribution >= 0.6 is 24.0 Å². The molecule has 1 saturated heterocycles. The number of aromatic nitrogens is 3. The molecule has 2 aliphatic rings. The summed E-state index contributed by atoms with van der Waals surface area (Å²) in [6.45, 7) is 6.62. The van der Waals surface area contributed by atoms with Crippen molar-refractivity contribution >= 4 is 36.0 Å². The molecule has 2 aromatic rings. The summed E-state index contributed by atoms with van der Waals surface area (Å²) >= 11 is 0. The van der Waals surface area contributed by atoms with Crippen molar-refractivity contribution in [3.8, 4) is 0 Å². The van der Waals surface area contributed by atoms with Crippen LogP contribution in [0.1, 0.15) is 43.4 Å². The summed E-state index contributed by atoms with van der Waals surface area (Å²) in [5.74, 6) is 3.09. The van der Waals surface area contributed by atoms with Gasteiger partial charge in [0.05, 0.1) is 0 Å². The van der Waals surface area contributed by atoms with Crippen LogP contribution in [0.2, 0.25) is 0 Å². The van der Waals surface area contributed by atoms with Crippen LogP contribution in [0.5, 0.6) is 0 Å². The summed E-state index contributed by atoms with van der Waals surface area (Å²) in [6.07, 6.45) is 6.71. The second-order valence-corrected chi connectivity index (χ2v) is 7.16. The quantitative estimate of drug-likeness (QED) is 0.404. The Kier molecular flexibility index (Phi) is 7.47. The predicted molar refractivity (Wildman–Crippen MR) is 124 cm³/mol. The van der Waals surface area contributed by atoms with Gasteiger partial charge >= 0.3 is 0 Å². The van der Waals surface area contributed by atoms with Crippen LogP contribution in [0.4, 0.5) is 0 Å². The smallest absolute Gasteiger partial charge is 0.194 e. The average molecular weight is 492 g/mol. The number of rotatable bonds is 4. The number of benzene rings is 1. The third kappa shape index (κ3) is 4.92. The Balaban J connectivity index is 0.00000225. The van der Waals surface area contributed by atoms with Crippen LogP contribution in [0.25, 0.3) is 6.08 Å². The second-order valence-electron chi connectivity index (χ2n) is 7.16. The van der Waals surface area contributed by atoms with Crippen LogP contribution in [0.3, 0.4) is 0 Å². The van der Waals surface area contributed by atoms with E-state index in [1.807, 2.05) is 0 Å². The van der Waals surface area contributed by atoms with E-state index in [9.17, 15) is 0 Å². The molecule has 3 heterocycles. The van der Waals surface area contributed by atoms with Crippen molar-refractivity contribution < 1.29 is 0 Å². The molecule has 1 N–H and O–H groups in total. The third-order valence-corrected chi connectivity index (χ3v) is 5.27. The monoisotopic (exact) mass is 492 g/mol. The first kappa shape index (κ1) is 20.8. The Morgan fingerprint density at radius 3 is 2.64 bits per heavy atom. The van der Waals surface area contributed by atoms with E-state index in [2.05, 4.69) is 68.3 Å². The summed E-state index contributed by atoms with van der Waals surface area (Å²) in [6, 6.07) is 10.6. The van der Waals surface area contributed by atoms with E-state index >= 15 is 0 Å². The van der Waals surface area contributed by atoms with Gasteiger partial charge < -0.3 is 14.8 Å². The molecular formula is C21H29IN6. The minimum Gasteiger partial charge on any atom is -0.357 e. The number of fused-ring (bicyclic) bond motifs is 1. The van der Waals surface area contributed by atoms with Gasteiger partial charge in [-0.2, -0.15) is 0 Å². The molecule has 2 aliphatic heterocycles. The van der Waals surface area contributed by atoms with E-state index in [0.717, 1.165) is 63.0 Å². The summed E-state index contributed by atoms with van der Waals surface area (Å²) in [5.41, 5.74) is 2.81. The number of guanidine groups is 1. The van der Waals surface area contributed by atoms with Crippen LogP contribution in [0, 0.1) is 0 Å². The Morgan fingerprint density at radius 1 is 1.11 bits per heavy atom. The average Bonchev–Trinajstić information content (AvgIpc) is 3.31. The van der Waals surface area contributed by atoms with E-state index < -0.39 is 0 Å². The van der Waals surface area contributed by atoms with Crippen molar-refractivity contribution in [1.29, 1.82) is 0 Å². The zero-order valence-corrected chi connectivity index (χ0v) is 18.8. The van der Waals surface area contributed by atoms with E-state index in [4.69, 9.17) is 4.99 Å². The lowest BCUT2D eigenvalue weighted by Crippen LogP contribution is -2.44. The SMILES string of the molecule is CCNC(=NCc1nnc2n1CCC2)N1CCC(=Cc2ccccc2)CC1.I. The summed E-state index contributed by atoms with van der Waals surface area (Å²) in [5, 5.41) is 12.1. The molecule has 0 amide bonds. The zero-order chi connectivity index (χ0) is 18.5. The molecule has 0 aliphatic carbocycles. The standard InChI is InChI=1S/C21H28N6.HI/c1-2-22-21(23-16-20-25-24-19-9-6-12-27(19)20)26-13-10-18(11-14-26)15-17-7-4-3-5-8-17;/h3-5,7-8,15H,2,6,9-14,16H2,1H3,(H,22,23);1H. The Bertz CT molecular complexity index is 817. The predicted octanol–water partition coefficient (Wildman–Crippen LogP) is 3.49. The highest BCUT2D eigenvalue weighted by atomic mass is 127. The Morgan fingerprint density at radius 2 is 1.89 bits per heavy atom. The number of likely N-dealkylation sites (tertiary alicyclic amines) is 1. The molecule has 150 valence electrons. The zero-order valence-electron chi connectivity index (χ0n) is 16.5. The summed E-state index contributed by atoms with van der Waals surface area (Å²) in [4.78, 5) is 7.22. The van der Waals surface area contributed by atoms with Crippen LogP contribution in [-0.2, 0) is 19.5 Å². The van der Waals surface area contributed by atoms with Crippen molar-refractivity contribution in [2.75, 3.05) is 19.6 Å². The minimum absolute atomic E-state index is 0. The number of aliphatic imine (C=N–C) groups is 1. The van der Waals surface area contributed by atoms with E-state index in [1.54, 1.807) is 0 Å². The number of nitrogens with one attached hydrogen (secondary N) is 1. The van der Waals surface area contributed by atoms with Gasteiger partial charge in [0.15, 0.2) is 11.8 Å². The molecule has 6 nitrogen and oxygen atoms in total. The normalized spacial score (nSPS) is 16.5. The molecule has 7 heteroatoms. The van der Waals surface area contributed by atoms with Crippen LogP contribution < -0.4 is 5.32 Å². The van der Waals surface area contributed by atoms with Crippen LogP contribution in [-0.4, -0.2) is 45.3 Å². The first-order valence-electron chi connectivity index (χ1n) is 10.0. The lowest BCUT2D eigenvalue weighted by molar-refractivity contribution is 0.375.